The van der Waals surface area contributed by atoms with E-state index in [1.54, 1.807) is 30.3 Å². The van der Waals surface area contributed by atoms with Gasteiger partial charge in [-0.3, -0.25) is 9.59 Å². The van der Waals surface area contributed by atoms with Gasteiger partial charge in [-0.1, -0.05) is 36.4 Å². The summed E-state index contributed by atoms with van der Waals surface area (Å²) in [7, 11) is 0. The molecule has 3 aromatic rings. The number of nitrogens with two attached hydrogens (primary N) is 1. The van der Waals surface area contributed by atoms with Crippen molar-refractivity contribution in [2.45, 2.75) is 0 Å². The van der Waals surface area contributed by atoms with Crippen LogP contribution in [0.25, 0.3) is 0 Å². The van der Waals surface area contributed by atoms with Crippen LogP contribution in [0.4, 0.5) is 4.39 Å². The van der Waals surface area contributed by atoms with Crippen LogP contribution in [0.5, 0.6) is 5.75 Å². The van der Waals surface area contributed by atoms with E-state index < -0.39 is 23.5 Å². The van der Waals surface area contributed by atoms with Crippen LogP contribution in [0.15, 0.2) is 72.8 Å². The van der Waals surface area contributed by atoms with Crippen LogP contribution < -0.4 is 10.5 Å². The van der Waals surface area contributed by atoms with E-state index in [2.05, 4.69) is 0 Å². The number of carbonyl (C=O) groups is 3. The number of hydrogen-bond acceptors (Lipinski definition) is 4. The van der Waals surface area contributed by atoms with Crippen molar-refractivity contribution in [1.29, 1.82) is 0 Å². The number of ether oxygens (including phenoxy) is 1. The van der Waals surface area contributed by atoms with Crippen molar-refractivity contribution in [3.63, 3.8) is 0 Å². The van der Waals surface area contributed by atoms with Crippen molar-refractivity contribution in [1.82, 2.24) is 0 Å². The highest BCUT2D eigenvalue weighted by molar-refractivity contribution is 6.11. The van der Waals surface area contributed by atoms with Crippen LogP contribution in [0.2, 0.25) is 0 Å². The molecule has 0 atom stereocenters. The molecule has 27 heavy (non-hydrogen) atoms. The van der Waals surface area contributed by atoms with Gasteiger partial charge in [-0.25, -0.2) is 9.18 Å². The molecule has 0 bridgehead atoms. The van der Waals surface area contributed by atoms with Gasteiger partial charge in [0.15, 0.2) is 5.78 Å². The topological polar surface area (TPSA) is 86.5 Å². The number of primary amides is 1. The summed E-state index contributed by atoms with van der Waals surface area (Å²) in [6, 6.07) is 17.2. The van der Waals surface area contributed by atoms with Crippen molar-refractivity contribution >= 4 is 17.7 Å². The second-order valence-electron chi connectivity index (χ2n) is 5.67. The van der Waals surface area contributed by atoms with Gasteiger partial charge in [0.25, 0.3) is 0 Å². The highest BCUT2D eigenvalue weighted by Gasteiger charge is 2.19. The zero-order valence-corrected chi connectivity index (χ0v) is 14.0. The number of esters is 1. The summed E-state index contributed by atoms with van der Waals surface area (Å²) in [4.78, 5) is 36.3. The van der Waals surface area contributed by atoms with Crippen molar-refractivity contribution in [3.8, 4) is 5.75 Å². The summed E-state index contributed by atoms with van der Waals surface area (Å²) in [6.07, 6.45) is 0. The minimum Gasteiger partial charge on any atom is -0.422 e. The lowest BCUT2D eigenvalue weighted by atomic mass is 10.0. The molecule has 0 aliphatic carbocycles. The first-order chi connectivity index (χ1) is 13.0. The van der Waals surface area contributed by atoms with Crippen LogP contribution in [0.1, 0.15) is 36.6 Å². The predicted molar refractivity (Wildman–Crippen MR) is 96.2 cm³/mol. The highest BCUT2D eigenvalue weighted by Crippen LogP contribution is 2.24. The molecule has 6 heteroatoms. The first-order valence-electron chi connectivity index (χ1n) is 7.97. The van der Waals surface area contributed by atoms with Crippen LogP contribution in [0.3, 0.4) is 0 Å². The van der Waals surface area contributed by atoms with E-state index in [0.29, 0.717) is 5.56 Å². The molecule has 3 aromatic carbocycles. The average molecular weight is 363 g/mol. The molecule has 0 heterocycles. The van der Waals surface area contributed by atoms with E-state index in [4.69, 9.17) is 10.5 Å². The third-order valence-corrected chi connectivity index (χ3v) is 3.81. The van der Waals surface area contributed by atoms with Crippen LogP contribution in [-0.4, -0.2) is 17.7 Å². The Kier molecular flexibility index (Phi) is 5.08. The Labute approximate surface area is 154 Å². The molecule has 1 amide bonds. The normalized spacial score (nSPS) is 10.3. The number of amides is 1. The van der Waals surface area contributed by atoms with E-state index >= 15 is 0 Å². The second kappa shape index (κ2) is 7.61. The minimum atomic E-state index is -0.799. The van der Waals surface area contributed by atoms with Gasteiger partial charge in [0.1, 0.15) is 11.6 Å². The SMILES string of the molecule is NC(=O)c1cccc(C(=O)Oc2ccc(F)cc2C(=O)c2ccccc2)c1. The molecule has 134 valence electrons. The molecule has 0 aromatic heterocycles. The van der Waals surface area contributed by atoms with Gasteiger partial charge >= 0.3 is 5.97 Å². The second-order valence-corrected chi connectivity index (χ2v) is 5.67. The summed E-state index contributed by atoms with van der Waals surface area (Å²) in [5.41, 5.74) is 5.67. The lowest BCUT2D eigenvalue weighted by molar-refractivity contribution is 0.0732. The lowest BCUT2D eigenvalue weighted by Crippen LogP contribution is -2.15. The monoisotopic (exact) mass is 363 g/mol. The molecule has 0 saturated carbocycles. The lowest BCUT2D eigenvalue weighted by Gasteiger charge is -2.10. The minimum absolute atomic E-state index is 0.0775. The van der Waals surface area contributed by atoms with E-state index in [1.165, 1.54) is 30.3 Å². The Hall–Kier alpha value is -3.80. The number of carbonyl (C=O) groups excluding carboxylic acids is 3. The van der Waals surface area contributed by atoms with Crippen LogP contribution in [0, 0.1) is 5.82 Å². The molecule has 5 nitrogen and oxygen atoms in total. The number of halogens is 1. The fourth-order valence-electron chi connectivity index (χ4n) is 2.47. The Morgan fingerprint density at radius 3 is 2.15 bits per heavy atom. The Morgan fingerprint density at radius 2 is 1.44 bits per heavy atom. The van der Waals surface area contributed by atoms with Gasteiger partial charge in [0.2, 0.25) is 5.91 Å². The molecular formula is C21H14FNO4. The number of benzene rings is 3. The van der Waals surface area contributed by atoms with Gasteiger partial charge in [-0.05, 0) is 36.4 Å². The zero-order chi connectivity index (χ0) is 19.4. The molecule has 2 N–H and O–H groups in total. The fourth-order valence-corrected chi connectivity index (χ4v) is 2.47. The number of rotatable bonds is 5. The average Bonchev–Trinajstić information content (AvgIpc) is 2.69. The summed E-state index contributed by atoms with van der Waals surface area (Å²) < 4.78 is 19.0. The standard InChI is InChI=1S/C21H14FNO4/c22-16-9-10-18(17(12-16)19(24)13-5-2-1-3-6-13)27-21(26)15-8-4-7-14(11-15)20(23)25/h1-12H,(H2,23,25). The molecule has 0 radical (unpaired) electrons. The molecule has 0 aliphatic rings. The van der Waals surface area contributed by atoms with Gasteiger partial charge in [0.05, 0.1) is 11.1 Å². The molecular weight excluding hydrogens is 349 g/mol. The van der Waals surface area contributed by atoms with E-state index in [9.17, 15) is 18.8 Å². The Morgan fingerprint density at radius 1 is 0.778 bits per heavy atom. The third kappa shape index (κ3) is 4.07. The summed E-state index contributed by atoms with van der Waals surface area (Å²) in [5.74, 6) is -2.69. The highest BCUT2D eigenvalue weighted by atomic mass is 19.1. The van der Waals surface area contributed by atoms with E-state index in [0.717, 1.165) is 12.1 Å². The van der Waals surface area contributed by atoms with Crippen LogP contribution in [-0.2, 0) is 0 Å². The molecule has 0 aliphatic heterocycles. The van der Waals surface area contributed by atoms with Crippen molar-refractivity contribution in [2.75, 3.05) is 0 Å². The molecule has 0 unspecified atom stereocenters. The maximum absolute atomic E-state index is 13.7. The van der Waals surface area contributed by atoms with Gasteiger partial charge in [-0.2, -0.15) is 0 Å². The largest absolute Gasteiger partial charge is 0.422 e. The molecule has 3 rings (SSSR count). The van der Waals surface area contributed by atoms with E-state index in [1.807, 2.05) is 0 Å². The van der Waals surface area contributed by atoms with Crippen LogP contribution >= 0.6 is 0 Å². The maximum atomic E-state index is 13.7. The van der Waals surface area contributed by atoms with Crippen molar-refractivity contribution < 1.29 is 23.5 Å². The van der Waals surface area contributed by atoms with E-state index in [-0.39, 0.29) is 22.4 Å². The summed E-state index contributed by atoms with van der Waals surface area (Å²) in [5, 5.41) is 0. The third-order valence-electron chi connectivity index (χ3n) is 3.81. The first kappa shape index (κ1) is 18.0. The van der Waals surface area contributed by atoms with Gasteiger partial charge in [-0.15, -0.1) is 0 Å². The molecule has 0 saturated heterocycles. The Balaban J connectivity index is 1.93. The smallest absolute Gasteiger partial charge is 0.343 e. The zero-order valence-electron chi connectivity index (χ0n) is 14.0. The van der Waals surface area contributed by atoms with Crippen molar-refractivity contribution in [3.05, 3.63) is 101 Å². The first-order valence-corrected chi connectivity index (χ1v) is 7.97. The Bertz CT molecular complexity index is 1030. The number of hydrogen-bond donors (Lipinski definition) is 1. The fraction of sp³-hybridized carbons (Fsp3) is 0. The van der Waals surface area contributed by atoms with Gasteiger partial charge < -0.3 is 10.5 Å². The van der Waals surface area contributed by atoms with Crippen molar-refractivity contribution in [2.24, 2.45) is 5.73 Å². The molecule has 0 fully saturated rings. The quantitative estimate of drug-likeness (QED) is 0.428. The summed E-state index contributed by atoms with van der Waals surface area (Å²) in [6.45, 7) is 0. The molecule has 0 spiro atoms. The van der Waals surface area contributed by atoms with Gasteiger partial charge in [0, 0.05) is 11.1 Å². The maximum Gasteiger partial charge on any atom is 0.343 e. The predicted octanol–water partition coefficient (Wildman–Crippen LogP) is 3.37. The number of ketones is 1. The summed E-state index contributed by atoms with van der Waals surface area (Å²) >= 11 is 0.